The molecule has 0 bridgehead atoms. The Balaban J connectivity index is 1.78. The minimum atomic E-state index is 0.362. The summed E-state index contributed by atoms with van der Waals surface area (Å²) in [6.07, 6.45) is 10.4. The van der Waals surface area contributed by atoms with Gasteiger partial charge < -0.3 is 0 Å². The van der Waals surface area contributed by atoms with Gasteiger partial charge in [0.05, 0.1) is 0 Å². The average Bonchev–Trinajstić information content (AvgIpc) is 2.39. The van der Waals surface area contributed by atoms with E-state index in [4.69, 9.17) is 5.26 Å². The van der Waals surface area contributed by atoms with Gasteiger partial charge in [-0.15, -0.1) is 0 Å². The van der Waals surface area contributed by atoms with Crippen LogP contribution >= 0.6 is 0 Å². The number of nitrogens with zero attached hydrogens (tertiary/aromatic N) is 1. The average molecular weight is 215 g/mol. The zero-order valence-electron chi connectivity index (χ0n) is 10.2. The number of hydrogen-bond acceptors (Lipinski definition) is 1. The second-order valence-corrected chi connectivity index (χ2v) is 5.65. The molecule has 0 N–H and O–H groups in total. The minimum absolute atomic E-state index is 0.362. The zero-order valence-corrected chi connectivity index (χ0v) is 10.2. The van der Waals surface area contributed by atoms with E-state index in [1.54, 1.807) is 0 Å². The number of rotatable bonds is 2. The number of nitriles is 1. The van der Waals surface area contributed by atoms with Crippen molar-refractivity contribution in [2.45, 2.75) is 51.4 Å². The molecule has 0 unspecified atom stereocenters. The van der Waals surface area contributed by atoms with E-state index in [0.29, 0.717) is 5.92 Å². The van der Waals surface area contributed by atoms with E-state index in [1.165, 1.54) is 38.5 Å². The molecule has 2 aliphatic rings. The van der Waals surface area contributed by atoms with Crippen molar-refractivity contribution in [1.82, 2.24) is 0 Å². The van der Waals surface area contributed by atoms with Crippen molar-refractivity contribution < 1.29 is 0 Å². The molecule has 0 spiro atoms. The molecule has 0 amide bonds. The van der Waals surface area contributed by atoms with Gasteiger partial charge in [-0.05, 0) is 0 Å². The van der Waals surface area contributed by atoms with Crippen molar-refractivity contribution in [2.24, 2.45) is 23.7 Å². The van der Waals surface area contributed by atoms with Crippen LogP contribution in [0.2, 0.25) is 0 Å². The van der Waals surface area contributed by atoms with E-state index in [9.17, 15) is 0 Å². The third-order valence-electron chi connectivity index (χ3n) is 4.77. The van der Waals surface area contributed by atoms with Gasteiger partial charge >= 0.3 is 99.8 Å². The van der Waals surface area contributed by atoms with Crippen molar-refractivity contribution in [3.8, 4) is 6.07 Å². The molecule has 2 heteroatoms. The summed E-state index contributed by atoms with van der Waals surface area (Å²) in [5.74, 6) is 5.17. The van der Waals surface area contributed by atoms with Gasteiger partial charge in [0.25, 0.3) is 0 Å². The first-order chi connectivity index (χ1) is 7.83. The van der Waals surface area contributed by atoms with Crippen LogP contribution in [0.5, 0.6) is 0 Å². The normalized spacial score (nSPS) is 39.9. The summed E-state index contributed by atoms with van der Waals surface area (Å²) in [5.41, 5.74) is 0. The van der Waals surface area contributed by atoms with Crippen molar-refractivity contribution >= 4 is 13.5 Å². The molecule has 86 valence electrons. The summed E-state index contributed by atoms with van der Waals surface area (Å²) in [5, 5.41) is 8.89. The van der Waals surface area contributed by atoms with Crippen LogP contribution in [0.15, 0.2) is 0 Å². The van der Waals surface area contributed by atoms with E-state index in [2.05, 4.69) is 19.5 Å². The first-order valence-electron chi connectivity index (χ1n) is 6.85. The Morgan fingerprint density at radius 1 is 0.875 bits per heavy atom. The van der Waals surface area contributed by atoms with Gasteiger partial charge in [-0.25, -0.2) is 0 Å². The van der Waals surface area contributed by atoms with Crippen LogP contribution in [-0.2, 0) is 0 Å². The van der Waals surface area contributed by atoms with Crippen LogP contribution in [0.3, 0.4) is 0 Å². The molecule has 0 aromatic carbocycles. The molecule has 2 aliphatic carbocycles. The Bertz CT molecular complexity index is 265. The van der Waals surface area contributed by atoms with E-state index in [-0.39, 0.29) is 0 Å². The fourth-order valence-electron chi connectivity index (χ4n) is 3.57. The van der Waals surface area contributed by atoms with Crippen LogP contribution in [-0.4, -0.2) is 13.5 Å². The van der Waals surface area contributed by atoms with Crippen LogP contribution < -0.4 is 0 Å². The molecule has 2 rings (SSSR count). The number of hydrogen-bond donors (Lipinski definition) is 0. The van der Waals surface area contributed by atoms with Gasteiger partial charge in [-0.2, -0.15) is 0 Å². The second-order valence-electron chi connectivity index (χ2n) is 5.65. The monoisotopic (exact) mass is 215 g/mol. The van der Waals surface area contributed by atoms with Gasteiger partial charge in [0.1, 0.15) is 0 Å². The third kappa shape index (κ3) is 2.76. The van der Waals surface area contributed by atoms with Gasteiger partial charge in [0, 0.05) is 0 Å². The van der Waals surface area contributed by atoms with Crippen LogP contribution in [0, 0.1) is 35.0 Å². The van der Waals surface area contributed by atoms with Crippen LogP contribution in [0.4, 0.5) is 0 Å². The summed E-state index contributed by atoms with van der Waals surface area (Å²) in [4.78, 5) is 0. The molecule has 0 radical (unpaired) electrons. The molecule has 1 nitrogen and oxygen atoms in total. The summed E-state index contributed by atoms with van der Waals surface area (Å²) < 4.78 is 0. The predicted octanol–water partition coefficient (Wildman–Crippen LogP) is 2.83. The second kappa shape index (κ2) is 5.66. The van der Waals surface area contributed by atoms with Crippen LogP contribution in [0.1, 0.15) is 51.4 Å². The van der Waals surface area contributed by atoms with Gasteiger partial charge in [-0.3, -0.25) is 0 Å². The van der Waals surface area contributed by atoms with Crippen molar-refractivity contribution in [1.29, 1.82) is 5.26 Å². The standard InChI is InChI=1S/C14H22BN/c15-9-11-1-5-13(6-2-11)14-7-3-12(10-16)4-8-14/h9,11-15H,1-8H2. The quantitative estimate of drug-likeness (QED) is 0.650. The van der Waals surface area contributed by atoms with Crippen molar-refractivity contribution in [2.75, 3.05) is 0 Å². The predicted molar refractivity (Wildman–Crippen MR) is 69.7 cm³/mol. The SMILES string of the molecule is B=CC1CCC(C2CCC(C#N)CC2)CC1. The maximum absolute atomic E-state index is 8.89. The Morgan fingerprint density at radius 2 is 1.38 bits per heavy atom. The maximum atomic E-state index is 8.89. The summed E-state index contributed by atoms with van der Waals surface area (Å²) in [7, 11) is 3.91. The molecule has 0 saturated heterocycles. The fraction of sp³-hybridized carbons (Fsp3) is 0.857. The molecule has 2 saturated carbocycles. The third-order valence-corrected chi connectivity index (χ3v) is 4.77. The molecule has 0 aromatic heterocycles. The van der Waals surface area contributed by atoms with E-state index < -0.39 is 0 Å². The van der Waals surface area contributed by atoms with Gasteiger partial charge in [0.2, 0.25) is 0 Å². The van der Waals surface area contributed by atoms with E-state index >= 15 is 0 Å². The van der Waals surface area contributed by atoms with Gasteiger partial charge in [0.15, 0.2) is 0 Å². The first kappa shape index (κ1) is 11.9. The van der Waals surface area contributed by atoms with E-state index in [1.807, 2.05) is 0 Å². The molecule has 0 atom stereocenters. The summed E-state index contributed by atoms with van der Waals surface area (Å²) >= 11 is 0. The fourth-order valence-corrected chi connectivity index (χ4v) is 3.57. The first-order valence-corrected chi connectivity index (χ1v) is 6.85. The Morgan fingerprint density at radius 3 is 1.81 bits per heavy atom. The molecule has 0 aromatic rings. The Hall–Kier alpha value is -0.575. The molecule has 0 aliphatic heterocycles. The molecular formula is C14H22BN. The van der Waals surface area contributed by atoms with Gasteiger partial charge in [-0.1, -0.05) is 0 Å². The van der Waals surface area contributed by atoms with Crippen molar-refractivity contribution in [3.05, 3.63) is 0 Å². The Kier molecular flexibility index (Phi) is 4.21. The van der Waals surface area contributed by atoms with Crippen molar-refractivity contribution in [3.63, 3.8) is 0 Å². The summed E-state index contributed by atoms with van der Waals surface area (Å²) in [6.45, 7) is 0. The topological polar surface area (TPSA) is 23.8 Å². The zero-order chi connectivity index (χ0) is 11.4. The Labute approximate surface area is 100 Å². The molecule has 2 fully saturated rings. The molecule has 16 heavy (non-hydrogen) atoms. The van der Waals surface area contributed by atoms with E-state index in [0.717, 1.165) is 30.6 Å². The molecular weight excluding hydrogens is 193 g/mol. The summed E-state index contributed by atoms with van der Waals surface area (Å²) in [6, 6.07) is 2.43. The molecule has 0 heterocycles. The van der Waals surface area contributed by atoms with Crippen LogP contribution in [0.25, 0.3) is 0 Å².